The van der Waals surface area contributed by atoms with E-state index in [-0.39, 0.29) is 0 Å². The van der Waals surface area contributed by atoms with Gasteiger partial charge in [-0.2, -0.15) is 0 Å². The summed E-state index contributed by atoms with van der Waals surface area (Å²) in [5.41, 5.74) is 2.67. The number of fused-ring (bicyclic) bond motifs is 1. The molecule has 19 heavy (non-hydrogen) atoms. The van der Waals surface area contributed by atoms with Crippen molar-refractivity contribution in [2.45, 2.75) is 12.8 Å². The van der Waals surface area contributed by atoms with Crippen LogP contribution in [0, 0.1) is 0 Å². The zero-order valence-corrected chi connectivity index (χ0v) is 12.3. The van der Waals surface area contributed by atoms with Gasteiger partial charge in [0.25, 0.3) is 0 Å². The number of hydrogen-bond acceptors (Lipinski definition) is 2. The Kier molecular flexibility index (Phi) is 4.30. The lowest BCUT2D eigenvalue weighted by Crippen LogP contribution is -2.35. The fraction of sp³-hybridized carbons (Fsp3) is 0.533. The molecule has 1 aromatic rings. The topological polar surface area (TPSA) is 28.1 Å². The van der Waals surface area contributed by atoms with E-state index in [2.05, 4.69) is 23.2 Å². The van der Waals surface area contributed by atoms with Gasteiger partial charge in [-0.1, -0.05) is 12.1 Å². The Morgan fingerprint density at radius 2 is 1.95 bits per heavy atom. The van der Waals surface area contributed by atoms with Gasteiger partial charge in [0, 0.05) is 41.2 Å². The van der Waals surface area contributed by atoms with Crippen LogP contribution in [0.25, 0.3) is 0 Å². The van der Waals surface area contributed by atoms with Crippen LogP contribution in [-0.4, -0.2) is 57.1 Å². The molecule has 0 amide bonds. The zero-order chi connectivity index (χ0) is 13.8. The number of hydrogen-bond donors (Lipinski definition) is 0. The number of aliphatic imine (C=N–C) groups is 1. The average molecular weight is 261 g/mol. The normalized spacial score (nSPS) is 12.6. The summed E-state index contributed by atoms with van der Waals surface area (Å²) in [4.78, 5) is 8.73. The molecule has 1 aliphatic heterocycles. The van der Waals surface area contributed by atoms with Crippen molar-refractivity contribution >= 4 is 5.96 Å². The summed E-state index contributed by atoms with van der Waals surface area (Å²) in [5.74, 6) is 2.05. The maximum Gasteiger partial charge on any atom is 0.195 e. The van der Waals surface area contributed by atoms with E-state index < -0.39 is 0 Å². The molecule has 0 aromatic heterocycles. The van der Waals surface area contributed by atoms with E-state index in [1.54, 1.807) is 0 Å². The highest BCUT2D eigenvalue weighted by Crippen LogP contribution is 2.25. The number of benzene rings is 1. The van der Waals surface area contributed by atoms with E-state index in [1.807, 2.05) is 38.0 Å². The third-order valence-corrected chi connectivity index (χ3v) is 3.21. The Bertz CT molecular complexity index is 456. The van der Waals surface area contributed by atoms with Gasteiger partial charge in [0.2, 0.25) is 0 Å². The summed E-state index contributed by atoms with van der Waals surface area (Å²) in [6.45, 7) is 1.63. The highest BCUT2D eigenvalue weighted by molar-refractivity contribution is 5.79. The molecule has 0 saturated heterocycles. The molecule has 0 atom stereocenters. The zero-order valence-electron chi connectivity index (χ0n) is 12.3. The molecule has 4 nitrogen and oxygen atoms in total. The summed E-state index contributed by atoms with van der Waals surface area (Å²) in [6, 6.07) is 6.48. The lowest BCUT2D eigenvalue weighted by molar-refractivity contribution is 0.357. The third-order valence-electron chi connectivity index (χ3n) is 3.21. The predicted octanol–water partition coefficient (Wildman–Crippen LogP) is 1.64. The lowest BCUT2D eigenvalue weighted by atomic mass is 10.1. The summed E-state index contributed by atoms with van der Waals surface area (Å²) in [7, 11) is 8.08. The molecule has 0 unspecified atom stereocenters. The Morgan fingerprint density at radius 1 is 1.21 bits per heavy atom. The number of guanidine groups is 1. The van der Waals surface area contributed by atoms with Crippen molar-refractivity contribution in [3.05, 3.63) is 29.3 Å². The molecule has 4 heteroatoms. The van der Waals surface area contributed by atoms with Gasteiger partial charge in [-0.25, -0.2) is 0 Å². The highest BCUT2D eigenvalue weighted by Gasteiger charge is 2.11. The minimum Gasteiger partial charge on any atom is -0.493 e. The van der Waals surface area contributed by atoms with E-state index in [4.69, 9.17) is 4.74 Å². The van der Waals surface area contributed by atoms with Crippen LogP contribution in [0.4, 0.5) is 0 Å². The Labute approximate surface area is 115 Å². The first-order chi connectivity index (χ1) is 9.08. The average Bonchev–Trinajstić information content (AvgIpc) is 2.80. The van der Waals surface area contributed by atoms with Crippen molar-refractivity contribution in [2.75, 3.05) is 41.3 Å². The van der Waals surface area contributed by atoms with Crippen molar-refractivity contribution in [3.8, 4) is 5.75 Å². The molecule has 1 aromatic carbocycles. The summed E-state index contributed by atoms with van der Waals surface area (Å²) < 4.78 is 5.52. The molecule has 2 rings (SSSR count). The molecule has 0 N–H and O–H groups in total. The molecule has 0 bridgehead atoms. The van der Waals surface area contributed by atoms with Crippen molar-refractivity contribution in [2.24, 2.45) is 4.99 Å². The first kappa shape index (κ1) is 13.7. The summed E-state index contributed by atoms with van der Waals surface area (Å²) >= 11 is 0. The molecule has 0 saturated carbocycles. The van der Waals surface area contributed by atoms with Crippen molar-refractivity contribution in [3.63, 3.8) is 0 Å². The summed E-state index contributed by atoms with van der Waals surface area (Å²) in [5, 5.41) is 0. The fourth-order valence-electron chi connectivity index (χ4n) is 2.36. The minimum absolute atomic E-state index is 0.811. The standard InChI is InChI=1S/C15H23N3O/c1-17(2)15(18(3)4)16-9-7-12-5-6-14-13(11-12)8-10-19-14/h5-6,11H,7-10H2,1-4H3. The van der Waals surface area contributed by atoms with Crippen LogP contribution in [0.2, 0.25) is 0 Å². The van der Waals surface area contributed by atoms with Crippen LogP contribution >= 0.6 is 0 Å². The van der Waals surface area contributed by atoms with Gasteiger partial charge in [0.1, 0.15) is 5.75 Å². The number of rotatable bonds is 3. The second-order valence-electron chi connectivity index (χ2n) is 5.26. The third kappa shape index (κ3) is 3.40. The largest absolute Gasteiger partial charge is 0.493 e. The molecule has 1 aliphatic rings. The van der Waals surface area contributed by atoms with Gasteiger partial charge in [-0.15, -0.1) is 0 Å². The van der Waals surface area contributed by atoms with Gasteiger partial charge < -0.3 is 14.5 Å². The van der Waals surface area contributed by atoms with Gasteiger partial charge in [0.05, 0.1) is 6.61 Å². The molecule has 0 radical (unpaired) electrons. The Hall–Kier alpha value is -1.71. The van der Waals surface area contributed by atoms with Crippen molar-refractivity contribution in [1.29, 1.82) is 0 Å². The van der Waals surface area contributed by atoms with E-state index in [0.29, 0.717) is 0 Å². The second-order valence-corrected chi connectivity index (χ2v) is 5.26. The summed E-state index contributed by atoms with van der Waals surface area (Å²) in [6.07, 6.45) is 2.01. The molecular weight excluding hydrogens is 238 g/mol. The van der Waals surface area contributed by atoms with Gasteiger partial charge in [-0.05, 0) is 23.6 Å². The number of ether oxygens (including phenoxy) is 1. The monoisotopic (exact) mass is 261 g/mol. The highest BCUT2D eigenvalue weighted by atomic mass is 16.5. The van der Waals surface area contributed by atoms with Crippen molar-refractivity contribution < 1.29 is 4.74 Å². The smallest absolute Gasteiger partial charge is 0.195 e. The van der Waals surface area contributed by atoms with Gasteiger partial charge in [0.15, 0.2) is 5.96 Å². The van der Waals surface area contributed by atoms with Crippen LogP contribution in [0.3, 0.4) is 0 Å². The van der Waals surface area contributed by atoms with Crippen LogP contribution in [-0.2, 0) is 12.8 Å². The van der Waals surface area contributed by atoms with E-state index >= 15 is 0 Å². The Morgan fingerprint density at radius 3 is 2.63 bits per heavy atom. The van der Waals surface area contributed by atoms with Crippen molar-refractivity contribution in [1.82, 2.24) is 9.80 Å². The predicted molar refractivity (Wildman–Crippen MR) is 79.0 cm³/mol. The Balaban J connectivity index is 1.97. The minimum atomic E-state index is 0.811. The van der Waals surface area contributed by atoms with E-state index in [0.717, 1.165) is 37.7 Å². The van der Waals surface area contributed by atoms with Gasteiger partial charge >= 0.3 is 0 Å². The number of nitrogens with zero attached hydrogens (tertiary/aromatic N) is 3. The van der Waals surface area contributed by atoms with Crippen LogP contribution < -0.4 is 4.74 Å². The maximum absolute atomic E-state index is 5.52. The molecule has 1 heterocycles. The lowest BCUT2D eigenvalue weighted by Gasteiger charge is -2.22. The molecule has 0 spiro atoms. The molecule has 0 aliphatic carbocycles. The van der Waals surface area contributed by atoms with Gasteiger partial charge in [-0.3, -0.25) is 4.99 Å². The molecular formula is C15H23N3O. The van der Waals surface area contributed by atoms with Crippen LogP contribution in [0.1, 0.15) is 11.1 Å². The van der Waals surface area contributed by atoms with E-state index in [9.17, 15) is 0 Å². The van der Waals surface area contributed by atoms with E-state index in [1.165, 1.54) is 11.1 Å². The second kappa shape index (κ2) is 5.95. The van der Waals surface area contributed by atoms with Crippen LogP contribution in [0.15, 0.2) is 23.2 Å². The molecule has 0 fully saturated rings. The first-order valence-corrected chi connectivity index (χ1v) is 6.71. The fourth-order valence-corrected chi connectivity index (χ4v) is 2.36. The van der Waals surface area contributed by atoms with Crippen LogP contribution in [0.5, 0.6) is 5.75 Å². The quantitative estimate of drug-likeness (QED) is 0.612. The SMILES string of the molecule is CN(C)C(=NCCc1ccc2c(c1)CCO2)N(C)C. The molecule has 104 valence electrons. The first-order valence-electron chi connectivity index (χ1n) is 6.71. The maximum atomic E-state index is 5.52.